The Bertz CT molecular complexity index is 436. The molecule has 0 radical (unpaired) electrons. The molecule has 6 heteroatoms. The zero-order valence-corrected chi connectivity index (χ0v) is 10.3. The molecule has 0 spiro atoms. The van der Waals surface area contributed by atoms with Crippen LogP contribution in [-0.4, -0.2) is 24.5 Å². The lowest BCUT2D eigenvalue weighted by Gasteiger charge is -2.11. The van der Waals surface area contributed by atoms with Crippen LogP contribution in [0.5, 0.6) is 0 Å². The molecule has 0 aromatic carbocycles. The summed E-state index contributed by atoms with van der Waals surface area (Å²) in [6.45, 7) is 6.53. The molecule has 0 aliphatic rings. The van der Waals surface area contributed by atoms with Crippen molar-refractivity contribution in [3.63, 3.8) is 0 Å². The third kappa shape index (κ3) is 3.04. The summed E-state index contributed by atoms with van der Waals surface area (Å²) in [6.07, 6.45) is 2.87. The molecule has 0 saturated heterocycles. The minimum Gasteiger partial charge on any atom is -0.270 e. The highest BCUT2D eigenvalue weighted by molar-refractivity contribution is 7.88. The molecule has 1 rings (SSSR count). The van der Waals surface area contributed by atoms with Gasteiger partial charge in [-0.3, -0.25) is 4.68 Å². The molecule has 0 amide bonds. The molecule has 5 nitrogen and oxygen atoms in total. The van der Waals surface area contributed by atoms with Gasteiger partial charge < -0.3 is 0 Å². The number of nitrogens with zero attached hydrogens (tertiary/aromatic N) is 2. The van der Waals surface area contributed by atoms with Crippen LogP contribution >= 0.6 is 0 Å². The second kappa shape index (κ2) is 4.32. The predicted molar refractivity (Wildman–Crippen MR) is 59.0 cm³/mol. The largest absolute Gasteiger partial charge is 0.270 e. The molecule has 1 heterocycles. The molecule has 86 valence electrons. The Hall–Kier alpha value is -0.880. The van der Waals surface area contributed by atoms with Crippen molar-refractivity contribution in [1.82, 2.24) is 14.5 Å². The SMILES string of the molecule is CCn1ncc(C(C)NS(C)(=O)=O)c1C. The van der Waals surface area contributed by atoms with Crippen molar-refractivity contribution >= 4 is 10.0 Å². The number of aryl methyl sites for hydroxylation is 1. The first kappa shape index (κ1) is 12.2. The van der Waals surface area contributed by atoms with Gasteiger partial charge in [-0.1, -0.05) is 0 Å². The summed E-state index contributed by atoms with van der Waals surface area (Å²) in [5.41, 5.74) is 1.92. The minimum absolute atomic E-state index is 0.236. The number of nitrogens with one attached hydrogen (secondary N) is 1. The number of aromatic nitrogens is 2. The van der Waals surface area contributed by atoms with Crippen LogP contribution in [0.4, 0.5) is 0 Å². The van der Waals surface area contributed by atoms with E-state index in [-0.39, 0.29) is 6.04 Å². The van der Waals surface area contributed by atoms with Gasteiger partial charge in [0.15, 0.2) is 0 Å². The fraction of sp³-hybridized carbons (Fsp3) is 0.667. The van der Waals surface area contributed by atoms with Crippen LogP contribution in [0.2, 0.25) is 0 Å². The van der Waals surface area contributed by atoms with E-state index in [1.54, 1.807) is 6.20 Å². The summed E-state index contributed by atoms with van der Waals surface area (Å²) in [4.78, 5) is 0. The quantitative estimate of drug-likeness (QED) is 0.834. The van der Waals surface area contributed by atoms with Crippen LogP contribution in [0.1, 0.15) is 31.1 Å². The van der Waals surface area contributed by atoms with Gasteiger partial charge in [0.1, 0.15) is 0 Å². The van der Waals surface area contributed by atoms with Crippen LogP contribution in [0.3, 0.4) is 0 Å². The van der Waals surface area contributed by atoms with E-state index in [2.05, 4.69) is 9.82 Å². The van der Waals surface area contributed by atoms with E-state index in [0.29, 0.717) is 0 Å². The molecule has 1 N–H and O–H groups in total. The Labute approximate surface area is 90.5 Å². The normalized spacial score (nSPS) is 14.1. The van der Waals surface area contributed by atoms with Crippen LogP contribution in [0.25, 0.3) is 0 Å². The maximum atomic E-state index is 11.1. The minimum atomic E-state index is -3.17. The molecule has 0 aliphatic carbocycles. The summed E-state index contributed by atoms with van der Waals surface area (Å²) < 4.78 is 26.5. The van der Waals surface area contributed by atoms with Gasteiger partial charge in [-0.25, -0.2) is 13.1 Å². The second-order valence-electron chi connectivity index (χ2n) is 3.61. The zero-order valence-electron chi connectivity index (χ0n) is 9.48. The van der Waals surface area contributed by atoms with E-state index >= 15 is 0 Å². The molecular formula is C9H17N3O2S. The molecular weight excluding hydrogens is 214 g/mol. The number of sulfonamides is 1. The summed E-state index contributed by atoms with van der Waals surface area (Å²) in [5.74, 6) is 0. The van der Waals surface area contributed by atoms with Gasteiger partial charge in [-0.15, -0.1) is 0 Å². The van der Waals surface area contributed by atoms with E-state index in [0.717, 1.165) is 24.1 Å². The first-order valence-corrected chi connectivity index (χ1v) is 6.74. The van der Waals surface area contributed by atoms with Crippen molar-refractivity contribution in [2.24, 2.45) is 0 Å². The average Bonchev–Trinajstić information content (AvgIpc) is 2.43. The van der Waals surface area contributed by atoms with Crippen molar-refractivity contribution in [3.05, 3.63) is 17.5 Å². The Kier molecular flexibility index (Phi) is 3.51. The van der Waals surface area contributed by atoms with E-state index in [9.17, 15) is 8.42 Å². The first-order chi connectivity index (χ1) is 6.85. The van der Waals surface area contributed by atoms with Crippen molar-refractivity contribution in [2.45, 2.75) is 33.4 Å². The lowest BCUT2D eigenvalue weighted by atomic mass is 10.1. The van der Waals surface area contributed by atoms with Gasteiger partial charge in [0.2, 0.25) is 10.0 Å². The first-order valence-electron chi connectivity index (χ1n) is 4.84. The predicted octanol–water partition coefficient (Wildman–Crippen LogP) is 0.822. The lowest BCUT2D eigenvalue weighted by molar-refractivity contribution is 0.571. The maximum absolute atomic E-state index is 11.1. The molecule has 1 aromatic heterocycles. The van der Waals surface area contributed by atoms with E-state index in [4.69, 9.17) is 0 Å². The summed E-state index contributed by atoms with van der Waals surface area (Å²) in [6, 6.07) is -0.236. The second-order valence-corrected chi connectivity index (χ2v) is 5.39. The average molecular weight is 231 g/mol. The monoisotopic (exact) mass is 231 g/mol. The van der Waals surface area contributed by atoms with Crippen molar-refractivity contribution in [3.8, 4) is 0 Å². The Morgan fingerprint density at radius 1 is 1.60 bits per heavy atom. The molecule has 0 saturated carbocycles. The molecule has 15 heavy (non-hydrogen) atoms. The van der Waals surface area contributed by atoms with Crippen LogP contribution < -0.4 is 4.72 Å². The van der Waals surface area contributed by atoms with Gasteiger partial charge in [0.25, 0.3) is 0 Å². The highest BCUT2D eigenvalue weighted by Crippen LogP contribution is 2.17. The fourth-order valence-corrected chi connectivity index (χ4v) is 2.36. The van der Waals surface area contributed by atoms with Gasteiger partial charge in [0.05, 0.1) is 12.5 Å². The molecule has 0 aliphatic heterocycles. The fourth-order valence-electron chi connectivity index (χ4n) is 1.59. The standard InChI is InChI=1S/C9H17N3O2S/c1-5-12-8(3)9(6-10-12)7(2)11-15(4,13)14/h6-7,11H,5H2,1-4H3. The van der Waals surface area contributed by atoms with Gasteiger partial charge in [-0.05, 0) is 20.8 Å². The number of rotatable bonds is 4. The highest BCUT2D eigenvalue weighted by Gasteiger charge is 2.15. The summed E-state index contributed by atoms with van der Waals surface area (Å²) in [5, 5.41) is 4.17. The molecule has 1 atom stereocenters. The van der Waals surface area contributed by atoms with Crippen LogP contribution in [0.15, 0.2) is 6.20 Å². The van der Waals surface area contributed by atoms with E-state index in [1.165, 1.54) is 0 Å². The zero-order chi connectivity index (χ0) is 11.6. The van der Waals surface area contributed by atoms with Crippen molar-refractivity contribution in [1.29, 1.82) is 0 Å². The Morgan fingerprint density at radius 3 is 2.60 bits per heavy atom. The number of hydrogen-bond donors (Lipinski definition) is 1. The van der Waals surface area contributed by atoms with Crippen LogP contribution in [-0.2, 0) is 16.6 Å². The molecule has 1 aromatic rings. The summed E-state index contributed by atoms with van der Waals surface area (Å²) in [7, 11) is -3.17. The van der Waals surface area contributed by atoms with Gasteiger partial charge in [-0.2, -0.15) is 5.10 Å². The third-order valence-electron chi connectivity index (χ3n) is 2.30. The lowest BCUT2D eigenvalue weighted by Crippen LogP contribution is -2.25. The summed E-state index contributed by atoms with van der Waals surface area (Å²) >= 11 is 0. The van der Waals surface area contributed by atoms with Crippen LogP contribution in [0, 0.1) is 6.92 Å². The Balaban J connectivity index is 2.92. The van der Waals surface area contributed by atoms with E-state index < -0.39 is 10.0 Å². The van der Waals surface area contributed by atoms with E-state index in [1.807, 2.05) is 25.5 Å². The topological polar surface area (TPSA) is 64.0 Å². The van der Waals surface area contributed by atoms with Gasteiger partial charge >= 0.3 is 0 Å². The number of hydrogen-bond acceptors (Lipinski definition) is 3. The smallest absolute Gasteiger partial charge is 0.209 e. The highest BCUT2D eigenvalue weighted by atomic mass is 32.2. The third-order valence-corrected chi connectivity index (χ3v) is 3.08. The Morgan fingerprint density at radius 2 is 2.20 bits per heavy atom. The maximum Gasteiger partial charge on any atom is 0.209 e. The molecule has 0 fully saturated rings. The molecule has 0 bridgehead atoms. The van der Waals surface area contributed by atoms with Gasteiger partial charge in [0, 0.05) is 23.8 Å². The van der Waals surface area contributed by atoms with Crippen molar-refractivity contribution in [2.75, 3.05) is 6.26 Å². The molecule has 1 unspecified atom stereocenters. The van der Waals surface area contributed by atoms with Crippen molar-refractivity contribution < 1.29 is 8.42 Å².